The van der Waals surface area contributed by atoms with Gasteiger partial charge in [0.05, 0.1) is 26.4 Å². The third-order valence-electron chi connectivity index (χ3n) is 9.27. The molecule has 2 bridgehead atoms. The fourth-order valence-corrected chi connectivity index (χ4v) is 6.54. The highest BCUT2D eigenvalue weighted by Crippen LogP contribution is 2.41. The largest absolute Gasteiger partial charge is 0.497 e. The van der Waals surface area contributed by atoms with Gasteiger partial charge in [0.1, 0.15) is 37.1 Å². The van der Waals surface area contributed by atoms with Crippen LogP contribution in [0.2, 0.25) is 5.02 Å². The van der Waals surface area contributed by atoms with Gasteiger partial charge < -0.3 is 38.7 Å². The average Bonchev–Trinajstić information content (AvgIpc) is 3.77. The highest BCUT2D eigenvalue weighted by molar-refractivity contribution is 6.49. The molecule has 11 heteroatoms. The van der Waals surface area contributed by atoms with Crippen molar-refractivity contribution < 1.29 is 33.3 Å². The van der Waals surface area contributed by atoms with E-state index >= 15 is 0 Å². The monoisotopic (exact) mass is 699 g/mol. The van der Waals surface area contributed by atoms with Gasteiger partial charge >= 0.3 is 0 Å². The van der Waals surface area contributed by atoms with Crippen molar-refractivity contribution in [1.82, 2.24) is 10.2 Å². The zero-order valence-corrected chi connectivity index (χ0v) is 29.3. The van der Waals surface area contributed by atoms with Crippen LogP contribution in [0.15, 0.2) is 90.1 Å². The second-order valence-electron chi connectivity index (χ2n) is 12.5. The first-order valence-corrected chi connectivity index (χ1v) is 16.9. The van der Waals surface area contributed by atoms with E-state index in [9.17, 15) is 4.79 Å². The molecule has 2 heterocycles. The molecule has 0 unspecified atom stereocenters. The molecular formula is C39H42ClN3O7. The van der Waals surface area contributed by atoms with Crippen molar-refractivity contribution in [2.75, 3.05) is 47.5 Å². The summed E-state index contributed by atoms with van der Waals surface area (Å²) in [6.07, 6.45) is 2.11. The Morgan fingerprint density at radius 3 is 1.76 bits per heavy atom. The van der Waals surface area contributed by atoms with E-state index in [0.29, 0.717) is 17.9 Å². The number of carbonyl (C=O) groups excluding carboxylic acids is 1. The molecule has 1 amide bonds. The van der Waals surface area contributed by atoms with Gasteiger partial charge in [0.2, 0.25) is 0 Å². The van der Waals surface area contributed by atoms with Crippen LogP contribution in [-0.4, -0.2) is 64.0 Å². The number of rotatable bonds is 16. The van der Waals surface area contributed by atoms with E-state index in [2.05, 4.69) is 15.4 Å². The molecule has 0 spiro atoms. The minimum atomic E-state index is -0.380. The molecule has 1 N–H and O–H groups in total. The van der Waals surface area contributed by atoms with Crippen molar-refractivity contribution in [2.24, 2.45) is 10.6 Å². The van der Waals surface area contributed by atoms with Crippen LogP contribution in [0.4, 0.5) is 0 Å². The fourth-order valence-electron chi connectivity index (χ4n) is 6.24. The Morgan fingerprint density at radius 2 is 1.26 bits per heavy atom. The molecule has 262 valence electrons. The van der Waals surface area contributed by atoms with Gasteiger partial charge in [0.15, 0.2) is 17.2 Å². The second-order valence-corrected chi connectivity index (χ2v) is 12.9. The summed E-state index contributed by atoms with van der Waals surface area (Å²) < 4.78 is 28.4. The molecule has 0 radical (unpaired) electrons. The van der Waals surface area contributed by atoms with Crippen LogP contribution in [0, 0.1) is 5.41 Å². The third kappa shape index (κ3) is 8.43. The molecule has 6 rings (SSSR count). The average molecular weight is 700 g/mol. The van der Waals surface area contributed by atoms with Crippen LogP contribution in [0.5, 0.6) is 28.7 Å². The Balaban J connectivity index is 1.29. The first kappa shape index (κ1) is 34.9. The quantitative estimate of drug-likeness (QED) is 0.102. The Hall–Kier alpha value is -4.93. The van der Waals surface area contributed by atoms with Gasteiger partial charge in [0.25, 0.3) is 5.91 Å². The Labute approximate surface area is 297 Å². The summed E-state index contributed by atoms with van der Waals surface area (Å²) in [7, 11) is 4.86. The lowest BCUT2D eigenvalue weighted by Gasteiger charge is -2.25. The standard InChI is InChI=1S/C39H42ClN3O7/c1-45-30-10-4-27(5-11-30)22-48-34-17-16-33(35(40)37(34)49-23-28-6-12-31(46-2)13-7-28)36(42-50-24-29-8-14-32(47-3)15-9-29)38(44)41-25-39-18-20-43(26-39)21-19-39/h4-17H,18-26H2,1-3H3,(H,41,44)/b42-36-. The summed E-state index contributed by atoms with van der Waals surface area (Å²) in [5.41, 5.74) is 3.16. The molecule has 2 saturated heterocycles. The van der Waals surface area contributed by atoms with E-state index in [1.165, 1.54) is 0 Å². The van der Waals surface area contributed by atoms with E-state index in [1.54, 1.807) is 33.5 Å². The molecule has 2 fully saturated rings. The SMILES string of the molecule is COc1ccc(CO/N=C(\C(=O)NCC23CCN(CC2)C3)c2ccc(OCc3ccc(OC)cc3)c(OCc3ccc(OC)cc3)c2Cl)cc1. The number of hydrogen-bond donors (Lipinski definition) is 1. The smallest absolute Gasteiger partial charge is 0.274 e. The molecule has 2 aliphatic rings. The summed E-state index contributed by atoms with van der Waals surface area (Å²) >= 11 is 7.13. The van der Waals surface area contributed by atoms with Gasteiger partial charge in [-0.2, -0.15) is 0 Å². The Morgan fingerprint density at radius 1 is 0.740 bits per heavy atom. The lowest BCUT2D eigenvalue weighted by molar-refractivity contribution is -0.115. The van der Waals surface area contributed by atoms with E-state index < -0.39 is 0 Å². The number of carbonyl (C=O) groups is 1. The van der Waals surface area contributed by atoms with E-state index in [1.807, 2.05) is 72.8 Å². The molecule has 50 heavy (non-hydrogen) atoms. The maximum atomic E-state index is 13.9. The van der Waals surface area contributed by atoms with Crippen molar-refractivity contribution in [3.05, 3.63) is 112 Å². The minimum absolute atomic E-state index is 0.0452. The van der Waals surface area contributed by atoms with Crippen molar-refractivity contribution in [3.8, 4) is 28.7 Å². The van der Waals surface area contributed by atoms with E-state index in [4.69, 9.17) is 40.1 Å². The molecule has 0 aromatic heterocycles. The number of ether oxygens (including phenoxy) is 5. The van der Waals surface area contributed by atoms with Crippen molar-refractivity contribution in [1.29, 1.82) is 0 Å². The van der Waals surface area contributed by atoms with Crippen LogP contribution in [0.1, 0.15) is 35.1 Å². The number of oxime groups is 1. The predicted molar refractivity (Wildman–Crippen MR) is 192 cm³/mol. The Bertz CT molecular complexity index is 1770. The van der Waals surface area contributed by atoms with Crippen molar-refractivity contribution >= 4 is 23.2 Å². The minimum Gasteiger partial charge on any atom is -0.497 e. The van der Waals surface area contributed by atoms with Crippen LogP contribution in [-0.2, 0) is 29.5 Å². The highest BCUT2D eigenvalue weighted by atomic mass is 35.5. The molecule has 10 nitrogen and oxygen atoms in total. The van der Waals surface area contributed by atoms with Crippen LogP contribution < -0.4 is 29.0 Å². The lowest BCUT2D eigenvalue weighted by atomic mass is 9.84. The molecule has 4 aromatic rings. The number of nitrogens with one attached hydrogen (secondary N) is 1. The van der Waals surface area contributed by atoms with Gasteiger partial charge in [-0.3, -0.25) is 4.79 Å². The maximum absolute atomic E-state index is 13.9. The number of methoxy groups -OCH3 is 3. The van der Waals surface area contributed by atoms with Crippen molar-refractivity contribution in [3.63, 3.8) is 0 Å². The lowest BCUT2D eigenvalue weighted by Crippen LogP contribution is -2.40. The number of halogens is 1. The molecular weight excluding hydrogens is 658 g/mol. The zero-order chi connectivity index (χ0) is 34.9. The van der Waals surface area contributed by atoms with Gasteiger partial charge in [-0.15, -0.1) is 0 Å². The summed E-state index contributed by atoms with van der Waals surface area (Å²) in [6, 6.07) is 26.0. The predicted octanol–water partition coefficient (Wildman–Crippen LogP) is 6.66. The first-order chi connectivity index (χ1) is 24.4. The molecule has 0 saturated carbocycles. The number of benzene rings is 4. The number of hydrogen-bond acceptors (Lipinski definition) is 9. The van der Waals surface area contributed by atoms with Gasteiger partial charge in [-0.25, -0.2) is 0 Å². The zero-order valence-electron chi connectivity index (χ0n) is 28.6. The summed E-state index contributed by atoms with van der Waals surface area (Å²) in [4.78, 5) is 22.2. The van der Waals surface area contributed by atoms with Crippen LogP contribution in [0.25, 0.3) is 0 Å². The van der Waals surface area contributed by atoms with Crippen molar-refractivity contribution in [2.45, 2.75) is 32.7 Å². The maximum Gasteiger partial charge on any atom is 0.274 e. The fraction of sp³-hybridized carbons (Fsp3) is 0.333. The second kappa shape index (κ2) is 16.2. The topological polar surface area (TPSA) is 100 Å². The third-order valence-corrected chi connectivity index (χ3v) is 9.65. The van der Waals surface area contributed by atoms with Crippen LogP contribution >= 0.6 is 11.6 Å². The summed E-state index contributed by atoms with van der Waals surface area (Å²) in [5, 5.41) is 7.70. The molecule has 4 aromatic carbocycles. The van der Waals surface area contributed by atoms with E-state index in [0.717, 1.165) is 66.4 Å². The highest BCUT2D eigenvalue weighted by Gasteiger charge is 2.43. The van der Waals surface area contributed by atoms with Crippen LogP contribution in [0.3, 0.4) is 0 Å². The first-order valence-electron chi connectivity index (χ1n) is 16.6. The molecule has 0 aliphatic carbocycles. The normalized spacial score (nSPS) is 18.0. The number of amides is 1. The summed E-state index contributed by atoms with van der Waals surface area (Å²) in [5.74, 6) is 2.54. The number of piperidine rings is 1. The van der Waals surface area contributed by atoms with Gasteiger partial charge in [-0.05, 0) is 91.2 Å². The molecule has 0 atom stereocenters. The van der Waals surface area contributed by atoms with Gasteiger partial charge in [0, 0.05) is 24.1 Å². The number of fused-ring (bicyclic) bond motifs is 2. The Kier molecular flexibility index (Phi) is 11.3. The van der Waals surface area contributed by atoms with Gasteiger partial charge in [-0.1, -0.05) is 53.2 Å². The summed E-state index contributed by atoms with van der Waals surface area (Å²) in [6.45, 7) is 4.23. The van der Waals surface area contributed by atoms with E-state index in [-0.39, 0.29) is 47.6 Å². The number of nitrogens with zero attached hydrogens (tertiary/aromatic N) is 2. The molecule has 2 aliphatic heterocycles.